The second-order valence-electron chi connectivity index (χ2n) is 7.36. The van der Waals surface area contributed by atoms with Gasteiger partial charge in [-0.05, 0) is 38.0 Å². The molecule has 0 spiro atoms. The molecular weight excluding hydrogens is 414 g/mol. The molecule has 164 valence electrons. The lowest BCUT2D eigenvalue weighted by molar-refractivity contribution is -0.126. The van der Waals surface area contributed by atoms with E-state index >= 15 is 0 Å². The van der Waals surface area contributed by atoms with Gasteiger partial charge in [-0.2, -0.15) is 0 Å². The minimum Gasteiger partial charge on any atom is -0.494 e. The van der Waals surface area contributed by atoms with E-state index in [9.17, 15) is 4.79 Å². The van der Waals surface area contributed by atoms with Gasteiger partial charge in [0.05, 0.1) is 35.1 Å². The Morgan fingerprint density at radius 1 is 1.16 bits per heavy atom. The number of benzene rings is 1. The fourth-order valence-electron chi connectivity index (χ4n) is 3.62. The summed E-state index contributed by atoms with van der Waals surface area (Å²) in [5, 5.41) is 4.14. The van der Waals surface area contributed by atoms with Gasteiger partial charge in [-0.3, -0.25) is 9.59 Å². The van der Waals surface area contributed by atoms with Gasteiger partial charge in [0.1, 0.15) is 11.4 Å². The van der Waals surface area contributed by atoms with Crippen molar-refractivity contribution in [1.82, 2.24) is 9.97 Å². The number of amides is 1. The maximum absolute atomic E-state index is 12.6. The Bertz CT molecular complexity index is 1040. The van der Waals surface area contributed by atoms with Crippen LogP contribution in [0.3, 0.4) is 0 Å². The standard InChI is InChI=1S/C21H23N3O2S.C2H4O2/c1-13-7-6-10-15(22-13)20(25)23-16-12-19-17(11-18(16)26-2)24-21(27-19)14-8-4-3-5-9-14;1-4-2-3/h6-7,10-12,14H,3-5,8-9H2,1-2H3,(H,23,25);2H,1H3. The largest absolute Gasteiger partial charge is 0.494 e. The molecule has 1 aliphatic carbocycles. The van der Waals surface area contributed by atoms with E-state index in [2.05, 4.69) is 15.0 Å². The van der Waals surface area contributed by atoms with Crippen molar-refractivity contribution in [1.29, 1.82) is 0 Å². The molecule has 1 aromatic carbocycles. The number of pyridine rings is 1. The van der Waals surface area contributed by atoms with Crippen LogP contribution >= 0.6 is 11.3 Å². The molecule has 1 N–H and O–H groups in total. The van der Waals surface area contributed by atoms with Crippen LogP contribution in [0.25, 0.3) is 10.2 Å². The highest BCUT2D eigenvalue weighted by Crippen LogP contribution is 2.39. The van der Waals surface area contributed by atoms with Gasteiger partial charge in [0.25, 0.3) is 12.4 Å². The fraction of sp³-hybridized carbons (Fsp3) is 0.391. The van der Waals surface area contributed by atoms with Crippen molar-refractivity contribution in [3.8, 4) is 5.75 Å². The summed E-state index contributed by atoms with van der Waals surface area (Å²) in [4.78, 5) is 30.7. The van der Waals surface area contributed by atoms with Gasteiger partial charge in [0, 0.05) is 17.7 Å². The molecule has 8 heteroatoms. The third kappa shape index (κ3) is 5.79. The number of hydrogen-bond acceptors (Lipinski definition) is 7. The second kappa shape index (κ2) is 10.9. The normalized spacial score (nSPS) is 13.8. The Kier molecular flexibility index (Phi) is 7.94. The lowest BCUT2D eigenvalue weighted by Crippen LogP contribution is -2.14. The molecule has 0 atom stereocenters. The van der Waals surface area contributed by atoms with Crippen molar-refractivity contribution in [3.05, 3.63) is 46.7 Å². The monoisotopic (exact) mass is 441 g/mol. The first-order valence-electron chi connectivity index (χ1n) is 10.3. The maximum Gasteiger partial charge on any atom is 0.292 e. The van der Waals surface area contributed by atoms with Crippen molar-refractivity contribution in [3.63, 3.8) is 0 Å². The molecule has 1 fully saturated rings. The zero-order valence-corrected chi connectivity index (χ0v) is 18.8. The van der Waals surface area contributed by atoms with E-state index in [0.717, 1.165) is 15.9 Å². The number of aromatic nitrogens is 2. The number of methoxy groups -OCH3 is 2. The van der Waals surface area contributed by atoms with Crippen molar-refractivity contribution < 1.29 is 19.1 Å². The summed E-state index contributed by atoms with van der Waals surface area (Å²) in [7, 11) is 2.92. The predicted molar refractivity (Wildman–Crippen MR) is 122 cm³/mol. The number of thiazole rings is 1. The third-order valence-electron chi connectivity index (χ3n) is 5.15. The van der Waals surface area contributed by atoms with E-state index in [1.54, 1.807) is 24.5 Å². The second-order valence-corrected chi connectivity index (χ2v) is 8.42. The number of rotatable bonds is 5. The zero-order valence-electron chi connectivity index (χ0n) is 18.0. The maximum atomic E-state index is 12.6. The van der Waals surface area contributed by atoms with E-state index < -0.39 is 0 Å². The number of nitrogens with one attached hydrogen (secondary N) is 1. The number of hydrogen-bond donors (Lipinski definition) is 1. The first-order chi connectivity index (χ1) is 15.0. The fourth-order valence-corrected chi connectivity index (χ4v) is 4.78. The van der Waals surface area contributed by atoms with Crippen LogP contribution in [0.2, 0.25) is 0 Å². The molecule has 1 saturated carbocycles. The molecule has 0 saturated heterocycles. The SMILES string of the molecule is COC=O.COc1cc2nc(C3CCCCC3)sc2cc1NC(=O)c1cccc(C)n1. The Morgan fingerprint density at radius 3 is 2.55 bits per heavy atom. The topological polar surface area (TPSA) is 90.4 Å². The van der Waals surface area contributed by atoms with E-state index in [-0.39, 0.29) is 5.91 Å². The third-order valence-corrected chi connectivity index (χ3v) is 6.33. The van der Waals surface area contributed by atoms with Crippen molar-refractivity contribution in [2.24, 2.45) is 0 Å². The molecular formula is C23H27N3O4S. The Morgan fingerprint density at radius 2 is 1.90 bits per heavy atom. The van der Waals surface area contributed by atoms with Gasteiger partial charge in [-0.1, -0.05) is 25.3 Å². The van der Waals surface area contributed by atoms with Crippen LogP contribution in [0, 0.1) is 6.92 Å². The van der Waals surface area contributed by atoms with Crippen molar-refractivity contribution in [2.45, 2.75) is 44.9 Å². The van der Waals surface area contributed by atoms with Gasteiger partial charge in [-0.15, -0.1) is 11.3 Å². The summed E-state index contributed by atoms with van der Waals surface area (Å²) in [5.41, 5.74) is 2.79. The summed E-state index contributed by atoms with van der Waals surface area (Å²) >= 11 is 1.73. The minimum absolute atomic E-state index is 0.242. The van der Waals surface area contributed by atoms with Crippen LogP contribution in [-0.4, -0.2) is 36.6 Å². The van der Waals surface area contributed by atoms with Crippen LogP contribution in [0.15, 0.2) is 30.3 Å². The lowest BCUT2D eigenvalue weighted by atomic mass is 9.90. The molecule has 3 aromatic rings. The molecule has 0 radical (unpaired) electrons. The highest BCUT2D eigenvalue weighted by Gasteiger charge is 2.20. The predicted octanol–water partition coefficient (Wildman–Crippen LogP) is 5.10. The van der Waals surface area contributed by atoms with Crippen LogP contribution < -0.4 is 10.1 Å². The molecule has 0 aliphatic heterocycles. The Balaban J connectivity index is 0.000000628. The summed E-state index contributed by atoms with van der Waals surface area (Å²) in [6, 6.07) is 9.29. The number of carbonyl (C=O) groups excluding carboxylic acids is 2. The van der Waals surface area contributed by atoms with E-state index in [4.69, 9.17) is 14.5 Å². The average Bonchev–Trinajstić information content (AvgIpc) is 3.22. The lowest BCUT2D eigenvalue weighted by Gasteiger charge is -2.18. The van der Waals surface area contributed by atoms with E-state index in [1.165, 1.54) is 44.2 Å². The van der Waals surface area contributed by atoms with Gasteiger partial charge in [0.2, 0.25) is 0 Å². The first kappa shape index (κ1) is 22.7. The van der Waals surface area contributed by atoms with Crippen molar-refractivity contribution >= 4 is 39.6 Å². The van der Waals surface area contributed by atoms with Crippen LogP contribution in [0.5, 0.6) is 5.75 Å². The van der Waals surface area contributed by atoms with Gasteiger partial charge in [-0.25, -0.2) is 9.97 Å². The minimum atomic E-state index is -0.242. The summed E-state index contributed by atoms with van der Waals surface area (Å²) in [5.74, 6) is 0.939. The first-order valence-corrected chi connectivity index (χ1v) is 11.1. The van der Waals surface area contributed by atoms with Crippen LogP contribution in [0.1, 0.15) is 59.2 Å². The van der Waals surface area contributed by atoms with Gasteiger partial charge in [0.15, 0.2) is 0 Å². The number of aryl methyl sites for hydroxylation is 1. The molecule has 2 aromatic heterocycles. The van der Waals surface area contributed by atoms with Gasteiger partial charge >= 0.3 is 0 Å². The van der Waals surface area contributed by atoms with Crippen LogP contribution in [-0.2, 0) is 9.53 Å². The molecule has 2 heterocycles. The van der Waals surface area contributed by atoms with Crippen molar-refractivity contribution in [2.75, 3.05) is 19.5 Å². The smallest absolute Gasteiger partial charge is 0.292 e. The number of anilines is 1. The summed E-state index contributed by atoms with van der Waals surface area (Å²) < 4.78 is 10.4. The summed E-state index contributed by atoms with van der Waals surface area (Å²) in [6.07, 6.45) is 6.35. The zero-order chi connectivity index (χ0) is 22.2. The van der Waals surface area contributed by atoms with Crippen LogP contribution in [0.4, 0.5) is 5.69 Å². The van der Waals surface area contributed by atoms with E-state index in [0.29, 0.717) is 29.5 Å². The molecule has 1 amide bonds. The Labute approximate surface area is 185 Å². The van der Waals surface area contributed by atoms with Gasteiger partial charge < -0.3 is 14.8 Å². The molecule has 4 rings (SSSR count). The Hall–Kier alpha value is -3.00. The highest BCUT2D eigenvalue weighted by atomic mass is 32.1. The number of carbonyl (C=O) groups is 2. The summed E-state index contributed by atoms with van der Waals surface area (Å²) in [6.45, 7) is 2.24. The quantitative estimate of drug-likeness (QED) is 0.554. The highest BCUT2D eigenvalue weighted by molar-refractivity contribution is 7.18. The molecule has 1 aliphatic rings. The number of ether oxygens (including phenoxy) is 2. The molecule has 31 heavy (non-hydrogen) atoms. The number of fused-ring (bicyclic) bond motifs is 1. The van der Waals surface area contributed by atoms with E-state index in [1.807, 2.05) is 31.2 Å². The molecule has 7 nitrogen and oxygen atoms in total. The number of nitrogens with zero attached hydrogens (tertiary/aromatic N) is 2. The molecule has 0 unspecified atom stereocenters. The average molecular weight is 442 g/mol. The molecule has 0 bridgehead atoms.